The summed E-state index contributed by atoms with van der Waals surface area (Å²) < 4.78 is 8.30. The standard InChI is InChI=1S/C26H33N3O2/c1-5-11-20-12-6-9-15-23(20)31-19-10-18-29-22-14-8-7-13-21(22)28-24(29)16-17-27-25(30)26(2,3)4/h5-9,12-15H,1,10-11,16-19H2,2-4H3,(H,27,30). The van der Waals surface area contributed by atoms with Crippen molar-refractivity contribution in [3.8, 4) is 5.75 Å². The fourth-order valence-electron chi connectivity index (χ4n) is 3.49. The molecule has 0 saturated heterocycles. The number of carbonyl (C=O) groups excluding carboxylic acids is 1. The number of benzene rings is 2. The molecule has 31 heavy (non-hydrogen) atoms. The number of para-hydroxylation sites is 3. The van der Waals surface area contributed by atoms with Crippen molar-refractivity contribution in [3.05, 3.63) is 72.6 Å². The van der Waals surface area contributed by atoms with E-state index in [1.54, 1.807) is 0 Å². The number of aromatic nitrogens is 2. The molecule has 0 spiro atoms. The number of aryl methyl sites for hydroxylation is 1. The number of allylic oxidation sites excluding steroid dienone is 1. The van der Waals surface area contributed by atoms with Crippen LogP contribution >= 0.6 is 0 Å². The van der Waals surface area contributed by atoms with E-state index in [1.807, 2.05) is 63.2 Å². The molecule has 0 atom stereocenters. The summed E-state index contributed by atoms with van der Waals surface area (Å²) in [5.41, 5.74) is 2.86. The minimum Gasteiger partial charge on any atom is -0.493 e. The van der Waals surface area contributed by atoms with Crippen molar-refractivity contribution >= 4 is 16.9 Å². The lowest BCUT2D eigenvalue weighted by atomic mass is 9.96. The van der Waals surface area contributed by atoms with Crippen LogP contribution in [0.4, 0.5) is 0 Å². The molecule has 0 fully saturated rings. The summed E-state index contributed by atoms with van der Waals surface area (Å²) in [5.74, 6) is 1.97. The lowest BCUT2D eigenvalue weighted by Crippen LogP contribution is -2.36. The van der Waals surface area contributed by atoms with E-state index in [-0.39, 0.29) is 11.3 Å². The van der Waals surface area contributed by atoms with Crippen molar-refractivity contribution < 1.29 is 9.53 Å². The minimum atomic E-state index is -0.390. The topological polar surface area (TPSA) is 56.1 Å². The van der Waals surface area contributed by atoms with E-state index in [9.17, 15) is 4.79 Å². The fraction of sp³-hybridized carbons (Fsp3) is 0.385. The number of rotatable bonds is 10. The van der Waals surface area contributed by atoms with Gasteiger partial charge in [-0.15, -0.1) is 6.58 Å². The van der Waals surface area contributed by atoms with Crippen LogP contribution in [0.1, 0.15) is 38.6 Å². The highest BCUT2D eigenvalue weighted by molar-refractivity contribution is 5.81. The molecule has 5 nitrogen and oxygen atoms in total. The Balaban J connectivity index is 1.63. The molecule has 1 aromatic heterocycles. The van der Waals surface area contributed by atoms with Crippen molar-refractivity contribution in [3.63, 3.8) is 0 Å². The van der Waals surface area contributed by atoms with E-state index in [0.29, 0.717) is 19.6 Å². The monoisotopic (exact) mass is 419 g/mol. The lowest BCUT2D eigenvalue weighted by Gasteiger charge is -2.17. The van der Waals surface area contributed by atoms with E-state index in [0.717, 1.165) is 47.6 Å². The van der Waals surface area contributed by atoms with E-state index in [4.69, 9.17) is 9.72 Å². The van der Waals surface area contributed by atoms with Crippen LogP contribution in [0, 0.1) is 5.41 Å². The van der Waals surface area contributed by atoms with Gasteiger partial charge in [0.2, 0.25) is 5.91 Å². The third kappa shape index (κ3) is 5.97. The number of nitrogens with zero attached hydrogens (tertiary/aromatic N) is 2. The molecule has 1 N–H and O–H groups in total. The Morgan fingerprint density at radius 3 is 2.68 bits per heavy atom. The van der Waals surface area contributed by atoms with Crippen molar-refractivity contribution in [2.24, 2.45) is 5.41 Å². The zero-order chi connectivity index (χ0) is 22.3. The van der Waals surface area contributed by atoms with Gasteiger partial charge in [-0.3, -0.25) is 4.79 Å². The van der Waals surface area contributed by atoms with Crippen LogP contribution < -0.4 is 10.1 Å². The van der Waals surface area contributed by atoms with Crippen molar-refractivity contribution in [2.75, 3.05) is 13.2 Å². The highest BCUT2D eigenvalue weighted by atomic mass is 16.5. The first-order valence-electron chi connectivity index (χ1n) is 10.9. The van der Waals surface area contributed by atoms with Crippen LogP contribution in [-0.2, 0) is 24.2 Å². The maximum Gasteiger partial charge on any atom is 0.225 e. The number of ether oxygens (including phenoxy) is 1. The average Bonchev–Trinajstić information content (AvgIpc) is 3.09. The Bertz CT molecular complexity index is 1030. The molecule has 0 aliphatic carbocycles. The zero-order valence-corrected chi connectivity index (χ0v) is 18.9. The molecule has 164 valence electrons. The summed E-state index contributed by atoms with van der Waals surface area (Å²) in [7, 11) is 0. The molecule has 0 aliphatic rings. The van der Waals surface area contributed by atoms with Gasteiger partial charge in [0.15, 0.2) is 0 Å². The summed E-state index contributed by atoms with van der Waals surface area (Å²) in [4.78, 5) is 17.0. The molecule has 0 bridgehead atoms. The molecule has 0 saturated carbocycles. The number of hydrogen-bond acceptors (Lipinski definition) is 3. The summed E-state index contributed by atoms with van der Waals surface area (Å²) in [5, 5.41) is 3.02. The molecule has 5 heteroatoms. The molecule has 0 radical (unpaired) electrons. The number of amides is 1. The second-order valence-corrected chi connectivity index (χ2v) is 8.73. The van der Waals surface area contributed by atoms with Crippen LogP contribution in [-0.4, -0.2) is 28.6 Å². The Morgan fingerprint density at radius 1 is 1.16 bits per heavy atom. The normalized spacial score (nSPS) is 11.5. The fourth-order valence-corrected chi connectivity index (χ4v) is 3.49. The Morgan fingerprint density at radius 2 is 1.90 bits per heavy atom. The number of fused-ring (bicyclic) bond motifs is 1. The third-order valence-corrected chi connectivity index (χ3v) is 5.17. The minimum absolute atomic E-state index is 0.0572. The van der Waals surface area contributed by atoms with Crippen molar-refractivity contribution in [1.82, 2.24) is 14.9 Å². The van der Waals surface area contributed by atoms with Gasteiger partial charge in [0.05, 0.1) is 17.6 Å². The molecule has 0 aliphatic heterocycles. The number of hydrogen-bond donors (Lipinski definition) is 1. The predicted octanol–water partition coefficient (Wildman–Crippen LogP) is 4.94. The molecular weight excluding hydrogens is 386 g/mol. The van der Waals surface area contributed by atoms with Crippen molar-refractivity contribution in [2.45, 2.75) is 46.6 Å². The summed E-state index contributed by atoms with van der Waals surface area (Å²) in [6, 6.07) is 16.3. The number of imidazole rings is 1. The first kappa shape index (κ1) is 22.6. The summed E-state index contributed by atoms with van der Waals surface area (Å²) >= 11 is 0. The zero-order valence-electron chi connectivity index (χ0n) is 18.9. The smallest absolute Gasteiger partial charge is 0.225 e. The van der Waals surface area contributed by atoms with E-state index < -0.39 is 0 Å². The predicted molar refractivity (Wildman–Crippen MR) is 126 cm³/mol. The molecule has 2 aromatic carbocycles. The van der Waals surface area contributed by atoms with Crippen LogP contribution in [0.15, 0.2) is 61.2 Å². The van der Waals surface area contributed by atoms with Crippen molar-refractivity contribution in [1.29, 1.82) is 0 Å². The molecule has 3 aromatic rings. The van der Waals surface area contributed by atoms with Gasteiger partial charge in [0.1, 0.15) is 11.6 Å². The Labute approximate surface area is 185 Å². The van der Waals surface area contributed by atoms with E-state index in [2.05, 4.69) is 28.6 Å². The SMILES string of the molecule is C=CCc1ccccc1OCCCn1c(CCNC(=O)C(C)(C)C)nc2ccccc21. The van der Waals surface area contributed by atoms with Crippen LogP contribution in [0.3, 0.4) is 0 Å². The number of carbonyl (C=O) groups is 1. The molecule has 3 rings (SSSR count). The Kier molecular flexibility index (Phi) is 7.50. The van der Waals surface area contributed by atoms with E-state index in [1.165, 1.54) is 0 Å². The second kappa shape index (κ2) is 10.3. The van der Waals surface area contributed by atoms with Gasteiger partial charge < -0.3 is 14.6 Å². The highest BCUT2D eigenvalue weighted by Gasteiger charge is 2.20. The van der Waals surface area contributed by atoms with Gasteiger partial charge in [-0.2, -0.15) is 0 Å². The first-order chi connectivity index (χ1) is 14.9. The second-order valence-electron chi connectivity index (χ2n) is 8.73. The summed E-state index contributed by atoms with van der Waals surface area (Å²) in [6.07, 6.45) is 4.25. The maximum atomic E-state index is 12.2. The van der Waals surface area contributed by atoms with Gasteiger partial charge in [0.25, 0.3) is 0 Å². The van der Waals surface area contributed by atoms with Gasteiger partial charge in [0, 0.05) is 24.9 Å². The molecule has 1 heterocycles. The third-order valence-electron chi connectivity index (χ3n) is 5.17. The Hall–Kier alpha value is -3.08. The van der Waals surface area contributed by atoms with Gasteiger partial charge in [-0.1, -0.05) is 57.2 Å². The molecule has 1 amide bonds. The quantitative estimate of drug-likeness (QED) is 0.374. The molecule has 0 unspecified atom stereocenters. The summed E-state index contributed by atoms with van der Waals surface area (Å²) in [6.45, 7) is 11.6. The first-order valence-corrected chi connectivity index (χ1v) is 10.9. The number of nitrogens with one attached hydrogen (secondary N) is 1. The van der Waals surface area contributed by atoms with Gasteiger partial charge >= 0.3 is 0 Å². The van der Waals surface area contributed by atoms with E-state index >= 15 is 0 Å². The van der Waals surface area contributed by atoms with Gasteiger partial charge in [-0.25, -0.2) is 4.98 Å². The molecular formula is C26H33N3O2. The maximum absolute atomic E-state index is 12.2. The van der Waals surface area contributed by atoms with Crippen LogP contribution in [0.2, 0.25) is 0 Å². The van der Waals surface area contributed by atoms with Crippen LogP contribution in [0.5, 0.6) is 5.75 Å². The van der Waals surface area contributed by atoms with Gasteiger partial charge in [-0.05, 0) is 36.6 Å². The average molecular weight is 420 g/mol. The largest absolute Gasteiger partial charge is 0.493 e. The van der Waals surface area contributed by atoms with Crippen LogP contribution in [0.25, 0.3) is 11.0 Å². The highest BCUT2D eigenvalue weighted by Crippen LogP contribution is 2.20. The lowest BCUT2D eigenvalue weighted by molar-refractivity contribution is -0.128.